The Morgan fingerprint density at radius 1 is 0.900 bits per heavy atom. The van der Waals surface area contributed by atoms with Crippen LogP contribution in [0.2, 0.25) is 0 Å². The zero-order valence-corrected chi connectivity index (χ0v) is 12.3. The van der Waals surface area contributed by atoms with Gasteiger partial charge in [-0.2, -0.15) is 0 Å². The van der Waals surface area contributed by atoms with E-state index >= 15 is 0 Å². The Kier molecular flexibility index (Phi) is 3.39. The molecular weight excluding hydrogens is 242 g/mol. The molecule has 3 rings (SSSR count). The summed E-state index contributed by atoms with van der Waals surface area (Å²) in [6.45, 7) is 5.50. The van der Waals surface area contributed by atoms with Gasteiger partial charge in [0.15, 0.2) is 0 Å². The lowest BCUT2D eigenvalue weighted by Crippen LogP contribution is -2.09. The second-order valence-electron chi connectivity index (χ2n) is 6.49. The molecule has 2 atom stereocenters. The smallest absolute Gasteiger partial charge is 0.0126 e. The fourth-order valence-corrected chi connectivity index (χ4v) is 3.83. The zero-order chi connectivity index (χ0) is 14.2. The van der Waals surface area contributed by atoms with Crippen molar-refractivity contribution in [1.82, 2.24) is 0 Å². The Labute approximate surface area is 121 Å². The van der Waals surface area contributed by atoms with Gasteiger partial charge in [0.2, 0.25) is 0 Å². The van der Waals surface area contributed by atoms with Crippen LogP contribution < -0.4 is 5.73 Å². The van der Waals surface area contributed by atoms with Crippen molar-refractivity contribution < 1.29 is 0 Å². The molecule has 0 aliphatic heterocycles. The van der Waals surface area contributed by atoms with Crippen LogP contribution in [0.4, 0.5) is 0 Å². The fraction of sp³-hybridized carbons (Fsp3) is 0.368. The van der Waals surface area contributed by atoms with E-state index < -0.39 is 0 Å². The molecule has 1 fully saturated rings. The maximum absolute atomic E-state index is 5.99. The van der Waals surface area contributed by atoms with Crippen molar-refractivity contribution in [2.45, 2.75) is 19.8 Å². The Bertz CT molecular complexity index is 519. The summed E-state index contributed by atoms with van der Waals surface area (Å²) < 4.78 is 0. The standard InChI is InChI=1S/C19H23N/c1-19(2)16(13-20)18(19)17(14-9-5-3-6-10-14)15-11-7-4-8-12-15/h3-12,16-18H,13,20H2,1-2H3/t16-,18+/m0/s1. The number of hydrogen-bond acceptors (Lipinski definition) is 1. The molecule has 0 radical (unpaired) electrons. The molecule has 1 saturated carbocycles. The van der Waals surface area contributed by atoms with E-state index in [2.05, 4.69) is 74.5 Å². The minimum absolute atomic E-state index is 0.338. The number of hydrogen-bond donors (Lipinski definition) is 1. The maximum Gasteiger partial charge on any atom is 0.0126 e. The Morgan fingerprint density at radius 2 is 1.35 bits per heavy atom. The predicted octanol–water partition coefficient (Wildman–Crippen LogP) is 4.05. The molecule has 0 saturated heterocycles. The van der Waals surface area contributed by atoms with Crippen LogP contribution in [-0.4, -0.2) is 6.54 Å². The van der Waals surface area contributed by atoms with Gasteiger partial charge < -0.3 is 5.73 Å². The number of nitrogens with two attached hydrogens (primary N) is 1. The molecule has 2 aromatic rings. The molecule has 104 valence electrons. The number of benzene rings is 2. The Morgan fingerprint density at radius 3 is 1.70 bits per heavy atom. The average Bonchev–Trinajstić information content (AvgIpc) is 3.03. The summed E-state index contributed by atoms with van der Waals surface area (Å²) in [7, 11) is 0. The van der Waals surface area contributed by atoms with Gasteiger partial charge in [0.1, 0.15) is 0 Å². The number of rotatable bonds is 4. The van der Waals surface area contributed by atoms with Crippen molar-refractivity contribution in [1.29, 1.82) is 0 Å². The van der Waals surface area contributed by atoms with Gasteiger partial charge >= 0.3 is 0 Å². The molecule has 2 aromatic carbocycles. The second-order valence-corrected chi connectivity index (χ2v) is 6.49. The van der Waals surface area contributed by atoms with Crippen LogP contribution in [0.1, 0.15) is 30.9 Å². The van der Waals surface area contributed by atoms with E-state index in [-0.39, 0.29) is 0 Å². The van der Waals surface area contributed by atoms with Gasteiger partial charge in [-0.3, -0.25) is 0 Å². The summed E-state index contributed by atoms with van der Waals surface area (Å²) in [5.41, 5.74) is 9.15. The van der Waals surface area contributed by atoms with E-state index in [9.17, 15) is 0 Å². The van der Waals surface area contributed by atoms with Gasteiger partial charge in [-0.25, -0.2) is 0 Å². The van der Waals surface area contributed by atoms with Crippen molar-refractivity contribution in [3.63, 3.8) is 0 Å². The molecule has 0 heterocycles. The summed E-state index contributed by atoms with van der Waals surface area (Å²) >= 11 is 0. The minimum Gasteiger partial charge on any atom is -0.330 e. The van der Waals surface area contributed by atoms with Gasteiger partial charge in [0.05, 0.1) is 0 Å². The maximum atomic E-state index is 5.99. The topological polar surface area (TPSA) is 26.0 Å². The van der Waals surface area contributed by atoms with Crippen LogP contribution in [-0.2, 0) is 0 Å². The highest BCUT2D eigenvalue weighted by molar-refractivity contribution is 5.37. The molecule has 0 unspecified atom stereocenters. The van der Waals surface area contributed by atoms with Crippen molar-refractivity contribution in [3.05, 3.63) is 71.8 Å². The first kappa shape index (κ1) is 13.4. The molecule has 0 spiro atoms. The Balaban J connectivity index is 2.02. The summed E-state index contributed by atoms with van der Waals surface area (Å²) in [5.74, 6) is 1.71. The molecule has 1 heteroatoms. The monoisotopic (exact) mass is 265 g/mol. The molecule has 20 heavy (non-hydrogen) atoms. The lowest BCUT2D eigenvalue weighted by molar-refractivity contribution is 0.513. The highest BCUT2D eigenvalue weighted by atomic mass is 14.7. The van der Waals surface area contributed by atoms with Gasteiger partial charge in [0.25, 0.3) is 0 Å². The van der Waals surface area contributed by atoms with E-state index in [0.717, 1.165) is 6.54 Å². The van der Waals surface area contributed by atoms with Gasteiger partial charge in [-0.05, 0) is 34.9 Å². The third-order valence-corrected chi connectivity index (χ3v) is 5.07. The van der Waals surface area contributed by atoms with Crippen molar-refractivity contribution in [2.75, 3.05) is 6.54 Å². The minimum atomic E-state index is 0.338. The first-order valence-corrected chi connectivity index (χ1v) is 7.46. The van der Waals surface area contributed by atoms with Crippen LogP contribution in [0.3, 0.4) is 0 Å². The molecular formula is C19H23N. The zero-order valence-electron chi connectivity index (χ0n) is 12.3. The molecule has 2 N–H and O–H groups in total. The molecule has 1 nitrogen and oxygen atoms in total. The predicted molar refractivity (Wildman–Crippen MR) is 84.5 cm³/mol. The first-order valence-electron chi connectivity index (χ1n) is 7.46. The van der Waals surface area contributed by atoms with Crippen LogP contribution in [0.25, 0.3) is 0 Å². The highest BCUT2D eigenvalue weighted by Crippen LogP contribution is 2.64. The molecule has 0 amide bonds. The van der Waals surface area contributed by atoms with E-state index in [0.29, 0.717) is 23.2 Å². The van der Waals surface area contributed by atoms with E-state index in [4.69, 9.17) is 5.73 Å². The highest BCUT2D eigenvalue weighted by Gasteiger charge is 2.60. The van der Waals surface area contributed by atoms with Crippen LogP contribution in [0, 0.1) is 17.3 Å². The lowest BCUT2D eigenvalue weighted by atomic mass is 9.84. The van der Waals surface area contributed by atoms with Crippen molar-refractivity contribution in [2.24, 2.45) is 23.0 Å². The average molecular weight is 265 g/mol. The van der Waals surface area contributed by atoms with Crippen LogP contribution >= 0.6 is 0 Å². The Hall–Kier alpha value is -1.60. The summed E-state index contributed by atoms with van der Waals surface area (Å²) in [6.07, 6.45) is 0. The molecule has 0 bridgehead atoms. The van der Waals surface area contributed by atoms with Gasteiger partial charge in [-0.1, -0.05) is 74.5 Å². The summed E-state index contributed by atoms with van der Waals surface area (Å²) in [5, 5.41) is 0. The normalized spacial score (nSPS) is 23.8. The summed E-state index contributed by atoms with van der Waals surface area (Å²) in [6, 6.07) is 21.7. The first-order chi connectivity index (χ1) is 9.66. The van der Waals surface area contributed by atoms with E-state index in [1.807, 2.05) is 0 Å². The van der Waals surface area contributed by atoms with E-state index in [1.165, 1.54) is 11.1 Å². The van der Waals surface area contributed by atoms with Crippen molar-refractivity contribution in [3.8, 4) is 0 Å². The largest absolute Gasteiger partial charge is 0.330 e. The van der Waals surface area contributed by atoms with Gasteiger partial charge in [-0.15, -0.1) is 0 Å². The summed E-state index contributed by atoms with van der Waals surface area (Å²) in [4.78, 5) is 0. The fourth-order valence-electron chi connectivity index (χ4n) is 3.83. The van der Waals surface area contributed by atoms with Gasteiger partial charge in [0, 0.05) is 5.92 Å². The third-order valence-electron chi connectivity index (χ3n) is 5.07. The second kappa shape index (κ2) is 5.06. The SMILES string of the molecule is CC1(C)[C@@H](CN)[C@@H]1C(c1ccccc1)c1ccccc1. The molecule has 1 aliphatic rings. The van der Waals surface area contributed by atoms with E-state index in [1.54, 1.807) is 0 Å². The lowest BCUT2D eigenvalue weighted by Gasteiger charge is -2.20. The third kappa shape index (κ3) is 2.16. The molecule has 0 aromatic heterocycles. The quantitative estimate of drug-likeness (QED) is 0.886. The van der Waals surface area contributed by atoms with Crippen molar-refractivity contribution >= 4 is 0 Å². The molecule has 1 aliphatic carbocycles. The van der Waals surface area contributed by atoms with Crippen LogP contribution in [0.15, 0.2) is 60.7 Å². The van der Waals surface area contributed by atoms with Crippen LogP contribution in [0.5, 0.6) is 0 Å².